The van der Waals surface area contributed by atoms with Crippen LogP contribution in [-0.4, -0.2) is 78.1 Å². The van der Waals surface area contributed by atoms with E-state index in [0.717, 1.165) is 48.4 Å². The molecule has 10 heteroatoms. The van der Waals surface area contributed by atoms with E-state index >= 15 is 0 Å². The van der Waals surface area contributed by atoms with Crippen molar-refractivity contribution in [3.05, 3.63) is 65.9 Å². The third-order valence-electron chi connectivity index (χ3n) is 8.12. The highest BCUT2D eigenvalue weighted by molar-refractivity contribution is 7.91. The van der Waals surface area contributed by atoms with Crippen molar-refractivity contribution in [2.45, 2.75) is 26.3 Å². The quantitative estimate of drug-likeness (QED) is 0.385. The SMILES string of the molecule is CCS(=O)(=O)CCCN1CC2CC(C1)CN(C(=O)Cn1ncc(-c3ccc(C#N)cc3)c1-c1ccc(C#N)cc1)C2. The summed E-state index contributed by atoms with van der Waals surface area (Å²) in [4.78, 5) is 17.9. The number of nitriles is 2. The van der Waals surface area contributed by atoms with Crippen molar-refractivity contribution in [1.82, 2.24) is 19.6 Å². The summed E-state index contributed by atoms with van der Waals surface area (Å²) >= 11 is 0. The van der Waals surface area contributed by atoms with Crippen LogP contribution in [0.1, 0.15) is 30.9 Å². The lowest BCUT2D eigenvalue weighted by Crippen LogP contribution is -2.54. The van der Waals surface area contributed by atoms with Gasteiger partial charge in [0.05, 0.1) is 40.9 Å². The first-order chi connectivity index (χ1) is 19.8. The van der Waals surface area contributed by atoms with Crippen molar-refractivity contribution in [1.29, 1.82) is 10.5 Å². The number of sulfone groups is 1. The Morgan fingerprint density at radius 3 is 2.07 bits per heavy atom. The minimum Gasteiger partial charge on any atom is -0.340 e. The monoisotopic (exact) mass is 570 g/mol. The van der Waals surface area contributed by atoms with Crippen molar-refractivity contribution < 1.29 is 13.2 Å². The molecule has 3 aromatic rings. The van der Waals surface area contributed by atoms with E-state index < -0.39 is 9.84 Å². The van der Waals surface area contributed by atoms with E-state index in [0.29, 0.717) is 42.5 Å². The fourth-order valence-corrected chi connectivity index (χ4v) is 6.96. The molecule has 9 nitrogen and oxygen atoms in total. The van der Waals surface area contributed by atoms with Crippen molar-refractivity contribution in [3.8, 4) is 34.5 Å². The summed E-state index contributed by atoms with van der Waals surface area (Å²) in [6.45, 7) is 5.71. The number of rotatable bonds is 9. The Bertz CT molecular complexity index is 1570. The highest BCUT2D eigenvalue weighted by atomic mass is 32.2. The number of benzene rings is 2. The summed E-state index contributed by atoms with van der Waals surface area (Å²) in [6.07, 6.45) is 3.50. The highest BCUT2D eigenvalue weighted by Gasteiger charge is 2.36. The lowest BCUT2D eigenvalue weighted by Gasteiger charge is -2.46. The molecule has 212 valence electrons. The molecule has 2 fully saturated rings. The van der Waals surface area contributed by atoms with E-state index in [-0.39, 0.29) is 24.0 Å². The van der Waals surface area contributed by atoms with Gasteiger partial charge in [-0.05, 0) is 61.1 Å². The molecule has 1 amide bonds. The van der Waals surface area contributed by atoms with Gasteiger partial charge in [0.15, 0.2) is 0 Å². The first-order valence-electron chi connectivity index (χ1n) is 14.1. The number of fused-ring (bicyclic) bond motifs is 2. The molecule has 2 bridgehead atoms. The predicted molar refractivity (Wildman–Crippen MR) is 156 cm³/mol. The van der Waals surface area contributed by atoms with Crippen LogP contribution in [0.5, 0.6) is 0 Å². The molecule has 2 aliphatic heterocycles. The third kappa shape index (κ3) is 6.67. The first kappa shape index (κ1) is 28.5. The van der Waals surface area contributed by atoms with Gasteiger partial charge in [-0.25, -0.2) is 8.42 Å². The second-order valence-electron chi connectivity index (χ2n) is 11.1. The van der Waals surface area contributed by atoms with Crippen LogP contribution >= 0.6 is 0 Å². The topological polar surface area (TPSA) is 123 Å². The number of carbonyl (C=O) groups is 1. The maximum Gasteiger partial charge on any atom is 0.244 e. The number of hydrogen-bond acceptors (Lipinski definition) is 7. The van der Waals surface area contributed by atoms with E-state index in [2.05, 4.69) is 22.1 Å². The molecule has 0 spiro atoms. The van der Waals surface area contributed by atoms with E-state index in [1.165, 1.54) is 0 Å². The fraction of sp³-hybridized carbons (Fsp3) is 0.419. The van der Waals surface area contributed by atoms with Crippen LogP contribution in [0, 0.1) is 34.5 Å². The molecule has 0 saturated carbocycles. The Morgan fingerprint density at radius 1 is 0.927 bits per heavy atom. The number of amides is 1. The second kappa shape index (κ2) is 12.3. The predicted octanol–water partition coefficient (Wildman–Crippen LogP) is 3.57. The number of piperidine rings is 2. The molecule has 2 unspecified atom stereocenters. The summed E-state index contributed by atoms with van der Waals surface area (Å²) in [6, 6.07) is 18.8. The Kier molecular flexibility index (Phi) is 8.53. The van der Waals surface area contributed by atoms with Crippen LogP contribution < -0.4 is 0 Å². The Morgan fingerprint density at radius 2 is 1.51 bits per heavy atom. The van der Waals surface area contributed by atoms with Crippen LogP contribution in [0.4, 0.5) is 0 Å². The van der Waals surface area contributed by atoms with Gasteiger partial charge in [0.1, 0.15) is 16.4 Å². The lowest BCUT2D eigenvalue weighted by molar-refractivity contribution is -0.136. The molecule has 3 heterocycles. The van der Waals surface area contributed by atoms with Crippen molar-refractivity contribution in [2.24, 2.45) is 11.8 Å². The van der Waals surface area contributed by atoms with Crippen LogP contribution in [0.25, 0.3) is 22.4 Å². The molecule has 2 atom stereocenters. The zero-order chi connectivity index (χ0) is 29.0. The van der Waals surface area contributed by atoms with Gasteiger partial charge in [-0.2, -0.15) is 15.6 Å². The molecular formula is C31H34N6O3S. The standard InChI is InChI=1S/C31H34N6O3S/c1-2-41(39,40)13-3-12-35-18-25-14-26(19-35)21-36(20-25)30(38)22-37-31(28-10-6-24(16-33)7-11-28)29(17-34-37)27-8-4-23(15-32)5-9-27/h4-11,17,25-26H,2-3,12-14,18-22H2,1H3. The van der Waals surface area contributed by atoms with Crippen LogP contribution in [0.2, 0.25) is 0 Å². The zero-order valence-electron chi connectivity index (χ0n) is 23.2. The van der Waals surface area contributed by atoms with Gasteiger partial charge < -0.3 is 9.80 Å². The fourth-order valence-electron chi connectivity index (χ4n) is 6.10. The molecule has 2 saturated heterocycles. The largest absolute Gasteiger partial charge is 0.340 e. The smallest absolute Gasteiger partial charge is 0.244 e. The lowest BCUT2D eigenvalue weighted by atomic mass is 9.84. The molecule has 0 radical (unpaired) electrons. The van der Waals surface area contributed by atoms with Gasteiger partial charge in [0.25, 0.3) is 0 Å². The van der Waals surface area contributed by atoms with Crippen LogP contribution in [-0.2, 0) is 21.2 Å². The molecular weight excluding hydrogens is 536 g/mol. The van der Waals surface area contributed by atoms with E-state index in [4.69, 9.17) is 0 Å². The van der Waals surface area contributed by atoms with Crippen LogP contribution in [0.15, 0.2) is 54.7 Å². The highest BCUT2D eigenvalue weighted by Crippen LogP contribution is 2.33. The summed E-state index contributed by atoms with van der Waals surface area (Å²) in [5.74, 6) is 1.19. The normalized spacial score (nSPS) is 19.0. The number of carbonyl (C=O) groups excluding carboxylic acids is 1. The van der Waals surface area contributed by atoms with E-state index in [1.54, 1.807) is 42.1 Å². The number of likely N-dealkylation sites (tertiary alicyclic amines) is 2. The molecule has 41 heavy (non-hydrogen) atoms. The third-order valence-corrected chi connectivity index (χ3v) is 9.91. The number of nitrogens with zero attached hydrogens (tertiary/aromatic N) is 6. The average molecular weight is 571 g/mol. The molecule has 2 aliphatic rings. The molecule has 5 rings (SSSR count). The molecule has 0 aliphatic carbocycles. The second-order valence-corrected chi connectivity index (χ2v) is 13.5. The van der Waals surface area contributed by atoms with E-state index in [1.807, 2.05) is 29.2 Å². The zero-order valence-corrected chi connectivity index (χ0v) is 24.1. The van der Waals surface area contributed by atoms with Gasteiger partial charge in [-0.15, -0.1) is 0 Å². The summed E-state index contributed by atoms with van der Waals surface area (Å²) in [5, 5.41) is 23.1. The molecule has 2 aromatic carbocycles. The maximum absolute atomic E-state index is 13.6. The van der Waals surface area contributed by atoms with Gasteiger partial charge in [-0.3, -0.25) is 9.48 Å². The minimum atomic E-state index is -2.95. The van der Waals surface area contributed by atoms with Gasteiger partial charge >= 0.3 is 0 Å². The summed E-state index contributed by atoms with van der Waals surface area (Å²) in [5.41, 5.74) is 4.50. The average Bonchev–Trinajstić information content (AvgIpc) is 3.40. The first-order valence-corrected chi connectivity index (χ1v) is 15.9. The Balaban J connectivity index is 1.31. The maximum atomic E-state index is 13.6. The summed E-state index contributed by atoms with van der Waals surface area (Å²) < 4.78 is 25.5. The van der Waals surface area contributed by atoms with Crippen molar-refractivity contribution >= 4 is 15.7 Å². The minimum absolute atomic E-state index is 0.0200. The van der Waals surface area contributed by atoms with Gasteiger partial charge in [0.2, 0.25) is 5.91 Å². The summed E-state index contributed by atoms with van der Waals surface area (Å²) in [7, 11) is -2.95. The number of hydrogen-bond donors (Lipinski definition) is 0. The van der Waals surface area contributed by atoms with Crippen LogP contribution in [0.3, 0.4) is 0 Å². The van der Waals surface area contributed by atoms with Crippen molar-refractivity contribution in [3.63, 3.8) is 0 Å². The van der Waals surface area contributed by atoms with Gasteiger partial charge in [0, 0.05) is 43.1 Å². The molecule has 1 aromatic heterocycles. The Hall–Kier alpha value is -3.99. The van der Waals surface area contributed by atoms with Gasteiger partial charge in [-0.1, -0.05) is 31.2 Å². The molecule has 0 N–H and O–H groups in total. The Labute approximate surface area is 241 Å². The number of aromatic nitrogens is 2. The van der Waals surface area contributed by atoms with E-state index in [9.17, 15) is 23.7 Å². The van der Waals surface area contributed by atoms with Crippen molar-refractivity contribution in [2.75, 3.05) is 44.2 Å².